The molecule has 1 N–H and O–H groups in total. The fourth-order valence-corrected chi connectivity index (χ4v) is 5.21. The van der Waals surface area contributed by atoms with Crippen molar-refractivity contribution in [1.29, 1.82) is 0 Å². The Bertz CT molecular complexity index is 426. The second kappa shape index (κ2) is 6.93. The van der Waals surface area contributed by atoms with Crippen LogP contribution in [0, 0.1) is 17.8 Å². The van der Waals surface area contributed by atoms with Crippen LogP contribution in [-0.2, 0) is 6.42 Å². The lowest BCUT2D eigenvalue weighted by molar-refractivity contribution is 0.171. The Kier molecular flexibility index (Phi) is 5.22. The van der Waals surface area contributed by atoms with Gasteiger partial charge in [0, 0.05) is 10.9 Å². The average Bonchev–Trinajstić information content (AvgIpc) is 3.20. The molecular formula is C17H26BrNS. The van der Waals surface area contributed by atoms with E-state index in [0.29, 0.717) is 0 Å². The van der Waals surface area contributed by atoms with E-state index in [1.807, 2.05) is 11.3 Å². The van der Waals surface area contributed by atoms with Crippen LogP contribution in [0.4, 0.5) is 0 Å². The van der Waals surface area contributed by atoms with Crippen molar-refractivity contribution in [2.45, 2.75) is 57.9 Å². The molecule has 0 aliphatic heterocycles. The van der Waals surface area contributed by atoms with Crippen LogP contribution in [0.25, 0.3) is 0 Å². The van der Waals surface area contributed by atoms with Gasteiger partial charge in [-0.1, -0.05) is 19.8 Å². The van der Waals surface area contributed by atoms with E-state index in [-0.39, 0.29) is 0 Å². The van der Waals surface area contributed by atoms with E-state index >= 15 is 0 Å². The zero-order chi connectivity index (χ0) is 13.9. The molecule has 112 valence electrons. The van der Waals surface area contributed by atoms with E-state index in [1.165, 1.54) is 55.3 Å². The molecule has 1 aromatic rings. The highest BCUT2D eigenvalue weighted by molar-refractivity contribution is 9.11. The van der Waals surface area contributed by atoms with Crippen molar-refractivity contribution in [3.8, 4) is 0 Å². The first-order chi connectivity index (χ1) is 9.74. The van der Waals surface area contributed by atoms with Gasteiger partial charge in [-0.05, 0) is 84.5 Å². The molecule has 0 bridgehead atoms. The lowest BCUT2D eigenvalue weighted by atomic mass is 9.71. The number of thiophene rings is 1. The number of hydrogen-bond acceptors (Lipinski definition) is 2. The van der Waals surface area contributed by atoms with Crippen LogP contribution in [0.15, 0.2) is 15.9 Å². The van der Waals surface area contributed by atoms with E-state index in [9.17, 15) is 0 Å². The first kappa shape index (κ1) is 15.1. The van der Waals surface area contributed by atoms with E-state index in [1.54, 1.807) is 4.88 Å². The minimum absolute atomic E-state index is 0.857. The molecule has 2 aliphatic carbocycles. The van der Waals surface area contributed by atoms with Gasteiger partial charge in [-0.3, -0.25) is 0 Å². The normalized spacial score (nSPS) is 30.6. The zero-order valence-electron chi connectivity index (χ0n) is 12.4. The van der Waals surface area contributed by atoms with Crippen molar-refractivity contribution in [3.63, 3.8) is 0 Å². The third kappa shape index (κ3) is 4.08. The predicted octanol–water partition coefficient (Wildman–Crippen LogP) is 5.25. The molecule has 2 aliphatic rings. The average molecular weight is 356 g/mol. The van der Waals surface area contributed by atoms with Crippen LogP contribution in [0.5, 0.6) is 0 Å². The molecule has 3 unspecified atom stereocenters. The molecule has 3 heteroatoms. The summed E-state index contributed by atoms with van der Waals surface area (Å²) in [5.41, 5.74) is 0. The third-order valence-corrected chi connectivity index (χ3v) is 6.81. The van der Waals surface area contributed by atoms with Crippen LogP contribution < -0.4 is 5.32 Å². The molecule has 2 fully saturated rings. The van der Waals surface area contributed by atoms with Gasteiger partial charge in [-0.25, -0.2) is 0 Å². The summed E-state index contributed by atoms with van der Waals surface area (Å²) < 4.78 is 1.28. The Hall–Kier alpha value is 0.140. The Morgan fingerprint density at radius 2 is 2.05 bits per heavy atom. The van der Waals surface area contributed by atoms with Gasteiger partial charge in [0.1, 0.15) is 0 Å². The summed E-state index contributed by atoms with van der Waals surface area (Å²) in [6, 6.07) is 5.38. The minimum atomic E-state index is 0.857. The molecular weight excluding hydrogens is 330 g/mol. The molecule has 0 spiro atoms. The van der Waals surface area contributed by atoms with Gasteiger partial charge in [-0.15, -0.1) is 11.3 Å². The lowest BCUT2D eigenvalue weighted by Gasteiger charge is -2.36. The lowest BCUT2D eigenvalue weighted by Crippen LogP contribution is -2.34. The molecule has 1 aromatic heterocycles. The molecule has 0 saturated heterocycles. The van der Waals surface area contributed by atoms with Crippen molar-refractivity contribution in [3.05, 3.63) is 20.8 Å². The second-order valence-electron chi connectivity index (χ2n) is 6.70. The van der Waals surface area contributed by atoms with Gasteiger partial charge in [-0.2, -0.15) is 0 Å². The van der Waals surface area contributed by atoms with Crippen LogP contribution in [-0.4, -0.2) is 12.6 Å². The standard InChI is InChI=1S/C17H26BrNS/c1-2-12-3-4-13(11-19-15-5-6-15)14(9-12)10-16-7-8-17(18)20-16/h7-8,12-15,19H,2-6,9-11H2,1H3. The minimum Gasteiger partial charge on any atom is -0.314 e. The quantitative estimate of drug-likeness (QED) is 0.734. The van der Waals surface area contributed by atoms with E-state index in [0.717, 1.165) is 23.8 Å². The maximum absolute atomic E-state index is 3.77. The topological polar surface area (TPSA) is 12.0 Å². The van der Waals surface area contributed by atoms with Crippen LogP contribution >= 0.6 is 27.3 Å². The predicted molar refractivity (Wildman–Crippen MR) is 91.4 cm³/mol. The van der Waals surface area contributed by atoms with Gasteiger partial charge in [0.05, 0.1) is 3.79 Å². The monoisotopic (exact) mass is 355 g/mol. The molecule has 1 nitrogen and oxygen atoms in total. The van der Waals surface area contributed by atoms with E-state index in [4.69, 9.17) is 0 Å². The van der Waals surface area contributed by atoms with E-state index in [2.05, 4.69) is 40.3 Å². The van der Waals surface area contributed by atoms with Crippen molar-refractivity contribution in [2.24, 2.45) is 17.8 Å². The summed E-state index contributed by atoms with van der Waals surface area (Å²) >= 11 is 5.53. The largest absolute Gasteiger partial charge is 0.314 e. The molecule has 0 amide bonds. The summed E-state index contributed by atoms with van der Waals surface area (Å²) in [7, 11) is 0. The molecule has 20 heavy (non-hydrogen) atoms. The van der Waals surface area contributed by atoms with Crippen molar-refractivity contribution in [2.75, 3.05) is 6.54 Å². The third-order valence-electron chi connectivity index (χ3n) is 5.16. The molecule has 2 saturated carbocycles. The Morgan fingerprint density at radius 3 is 2.70 bits per heavy atom. The molecule has 3 rings (SSSR count). The summed E-state index contributed by atoms with van der Waals surface area (Å²) in [5.74, 6) is 2.77. The summed E-state index contributed by atoms with van der Waals surface area (Å²) in [4.78, 5) is 1.56. The first-order valence-electron chi connectivity index (χ1n) is 8.22. The number of rotatable bonds is 6. The Labute approximate surface area is 135 Å². The molecule has 0 radical (unpaired) electrons. The maximum atomic E-state index is 3.77. The molecule has 1 heterocycles. The molecule has 0 aromatic carbocycles. The Balaban J connectivity index is 1.60. The van der Waals surface area contributed by atoms with Crippen LogP contribution in [0.1, 0.15) is 50.3 Å². The summed E-state index contributed by atoms with van der Waals surface area (Å²) in [5, 5.41) is 3.77. The smallest absolute Gasteiger partial charge is 0.0701 e. The number of hydrogen-bond donors (Lipinski definition) is 1. The van der Waals surface area contributed by atoms with Gasteiger partial charge < -0.3 is 5.32 Å². The second-order valence-corrected chi connectivity index (χ2v) is 9.25. The van der Waals surface area contributed by atoms with Crippen molar-refractivity contribution >= 4 is 27.3 Å². The van der Waals surface area contributed by atoms with Crippen molar-refractivity contribution in [1.82, 2.24) is 5.32 Å². The van der Waals surface area contributed by atoms with Gasteiger partial charge >= 0.3 is 0 Å². The van der Waals surface area contributed by atoms with E-state index < -0.39 is 0 Å². The summed E-state index contributed by atoms with van der Waals surface area (Å²) in [6.07, 6.45) is 9.83. The highest BCUT2D eigenvalue weighted by Gasteiger charge is 2.31. The Morgan fingerprint density at radius 1 is 1.20 bits per heavy atom. The maximum Gasteiger partial charge on any atom is 0.0701 e. The first-order valence-corrected chi connectivity index (χ1v) is 9.83. The highest BCUT2D eigenvalue weighted by atomic mass is 79.9. The SMILES string of the molecule is CCC1CCC(CNC2CC2)C(Cc2ccc(Br)s2)C1. The van der Waals surface area contributed by atoms with Gasteiger partial charge in [0.25, 0.3) is 0 Å². The zero-order valence-corrected chi connectivity index (χ0v) is 14.8. The number of halogens is 1. The van der Waals surface area contributed by atoms with Crippen LogP contribution in [0.3, 0.4) is 0 Å². The fourth-order valence-electron chi connectivity index (χ4n) is 3.64. The fraction of sp³-hybridized carbons (Fsp3) is 0.765. The van der Waals surface area contributed by atoms with Crippen LogP contribution in [0.2, 0.25) is 0 Å². The highest BCUT2D eigenvalue weighted by Crippen LogP contribution is 2.39. The van der Waals surface area contributed by atoms with Gasteiger partial charge in [0.15, 0.2) is 0 Å². The summed E-state index contributed by atoms with van der Waals surface area (Å²) in [6.45, 7) is 3.63. The van der Waals surface area contributed by atoms with Gasteiger partial charge in [0.2, 0.25) is 0 Å². The van der Waals surface area contributed by atoms with Crippen molar-refractivity contribution < 1.29 is 0 Å². The molecule has 3 atom stereocenters. The number of nitrogens with one attached hydrogen (secondary N) is 1.